The second kappa shape index (κ2) is 2.79. The van der Waals surface area contributed by atoms with Crippen LogP contribution in [0.15, 0.2) is 0 Å². The van der Waals surface area contributed by atoms with Crippen LogP contribution in [0.25, 0.3) is 0 Å². The highest BCUT2D eigenvalue weighted by atomic mass is 32.1. The van der Waals surface area contributed by atoms with E-state index in [1.165, 1.54) is 11.3 Å². The Morgan fingerprint density at radius 1 is 1.80 bits per heavy atom. The molecular weight excluding hydrogens is 150 g/mol. The van der Waals surface area contributed by atoms with Crippen LogP contribution in [0.3, 0.4) is 0 Å². The van der Waals surface area contributed by atoms with Gasteiger partial charge in [-0.2, -0.15) is 0 Å². The highest BCUT2D eigenvalue weighted by Gasteiger charge is 2.03. The van der Waals surface area contributed by atoms with E-state index in [2.05, 4.69) is 4.98 Å². The molecule has 0 bridgehead atoms. The van der Waals surface area contributed by atoms with Crippen molar-refractivity contribution >= 4 is 17.6 Å². The van der Waals surface area contributed by atoms with Crippen LogP contribution in [0.4, 0.5) is 0 Å². The number of hydrogen-bond donors (Lipinski definition) is 1. The molecule has 0 radical (unpaired) electrons. The average molecular weight is 157 g/mol. The Kier molecular flexibility index (Phi) is 2.01. The molecule has 0 atom stereocenters. The van der Waals surface area contributed by atoms with E-state index in [9.17, 15) is 4.79 Å². The van der Waals surface area contributed by atoms with Gasteiger partial charge in [-0.25, -0.2) is 4.98 Å². The molecule has 0 saturated heterocycles. The fourth-order valence-corrected chi connectivity index (χ4v) is 1.37. The van der Waals surface area contributed by atoms with Crippen LogP contribution < -0.4 is 0 Å². The molecule has 1 aromatic rings. The summed E-state index contributed by atoms with van der Waals surface area (Å²) in [6, 6.07) is 0. The SMILES string of the molecule is Cc1sc(CC=O)nc1O. The minimum Gasteiger partial charge on any atom is -0.492 e. The van der Waals surface area contributed by atoms with Crippen LogP contribution in [0.2, 0.25) is 0 Å². The van der Waals surface area contributed by atoms with Gasteiger partial charge < -0.3 is 9.90 Å². The predicted molar refractivity (Wildman–Crippen MR) is 38.3 cm³/mol. The van der Waals surface area contributed by atoms with Crippen LogP contribution in [0, 0.1) is 6.92 Å². The molecule has 0 unspecified atom stereocenters. The van der Waals surface area contributed by atoms with Crippen molar-refractivity contribution < 1.29 is 9.90 Å². The zero-order chi connectivity index (χ0) is 7.56. The molecule has 1 rings (SSSR count). The van der Waals surface area contributed by atoms with Crippen molar-refractivity contribution in [2.45, 2.75) is 13.3 Å². The maximum atomic E-state index is 9.98. The maximum Gasteiger partial charge on any atom is 0.225 e. The van der Waals surface area contributed by atoms with Crippen LogP contribution in [-0.2, 0) is 11.2 Å². The zero-order valence-corrected chi connectivity index (χ0v) is 6.31. The Balaban J connectivity index is 2.86. The maximum absolute atomic E-state index is 9.98. The van der Waals surface area contributed by atoms with Crippen molar-refractivity contribution in [1.29, 1.82) is 0 Å². The molecule has 0 spiro atoms. The topological polar surface area (TPSA) is 50.2 Å². The van der Waals surface area contributed by atoms with Crippen molar-refractivity contribution in [2.75, 3.05) is 0 Å². The average Bonchev–Trinajstić information content (AvgIpc) is 2.14. The summed E-state index contributed by atoms with van der Waals surface area (Å²) >= 11 is 1.35. The monoisotopic (exact) mass is 157 g/mol. The summed E-state index contributed by atoms with van der Waals surface area (Å²) in [6.45, 7) is 1.77. The number of aromatic hydroxyl groups is 1. The fraction of sp³-hybridized carbons (Fsp3) is 0.333. The zero-order valence-electron chi connectivity index (χ0n) is 5.50. The molecule has 1 heterocycles. The molecule has 0 amide bonds. The molecule has 0 aliphatic carbocycles. The van der Waals surface area contributed by atoms with Crippen LogP contribution >= 0.6 is 11.3 Å². The second-order valence-electron chi connectivity index (χ2n) is 1.86. The van der Waals surface area contributed by atoms with E-state index in [-0.39, 0.29) is 5.88 Å². The lowest BCUT2D eigenvalue weighted by Crippen LogP contribution is -1.81. The minimum atomic E-state index is 0.0434. The predicted octanol–water partition coefficient (Wildman–Crippen LogP) is 0.899. The molecule has 1 N–H and O–H groups in total. The third-order valence-corrected chi connectivity index (χ3v) is 2.06. The molecule has 0 saturated carbocycles. The van der Waals surface area contributed by atoms with Gasteiger partial charge in [-0.1, -0.05) is 0 Å². The van der Waals surface area contributed by atoms with Crippen molar-refractivity contribution in [3.8, 4) is 5.88 Å². The summed E-state index contributed by atoms with van der Waals surface area (Å²) in [6.07, 6.45) is 1.07. The van der Waals surface area contributed by atoms with Crippen molar-refractivity contribution in [1.82, 2.24) is 4.98 Å². The van der Waals surface area contributed by atoms with Gasteiger partial charge in [0.25, 0.3) is 0 Å². The van der Waals surface area contributed by atoms with E-state index in [0.717, 1.165) is 11.2 Å². The smallest absolute Gasteiger partial charge is 0.225 e. The summed E-state index contributed by atoms with van der Waals surface area (Å²) in [7, 11) is 0. The molecular formula is C6H7NO2S. The first-order chi connectivity index (χ1) is 4.74. The van der Waals surface area contributed by atoms with Crippen molar-refractivity contribution in [2.24, 2.45) is 0 Å². The first-order valence-electron chi connectivity index (χ1n) is 2.83. The van der Waals surface area contributed by atoms with Crippen molar-refractivity contribution in [3.05, 3.63) is 9.88 Å². The number of aldehydes is 1. The van der Waals surface area contributed by atoms with Gasteiger partial charge in [0, 0.05) is 0 Å². The number of carbonyl (C=O) groups is 1. The lowest BCUT2D eigenvalue weighted by molar-refractivity contribution is -0.107. The Morgan fingerprint density at radius 2 is 2.50 bits per heavy atom. The van der Waals surface area contributed by atoms with Gasteiger partial charge in [-0.3, -0.25) is 0 Å². The number of thiazole rings is 1. The van der Waals surface area contributed by atoms with E-state index in [4.69, 9.17) is 5.11 Å². The van der Waals surface area contributed by atoms with E-state index in [1.807, 2.05) is 0 Å². The minimum absolute atomic E-state index is 0.0434. The van der Waals surface area contributed by atoms with Gasteiger partial charge in [0.05, 0.1) is 11.3 Å². The number of hydrogen-bond acceptors (Lipinski definition) is 4. The summed E-state index contributed by atoms with van der Waals surface area (Å²) < 4.78 is 0. The van der Waals surface area contributed by atoms with E-state index < -0.39 is 0 Å². The summed E-state index contributed by atoms with van der Waals surface area (Å²) in [5.41, 5.74) is 0. The van der Waals surface area contributed by atoms with Crippen LogP contribution in [0.5, 0.6) is 5.88 Å². The van der Waals surface area contributed by atoms with Gasteiger partial charge in [0.2, 0.25) is 5.88 Å². The standard InChI is InChI=1S/C6H7NO2S/c1-4-6(9)7-5(10-4)2-3-8/h3,9H,2H2,1H3. The van der Waals surface area contributed by atoms with Crippen LogP contribution in [-0.4, -0.2) is 16.4 Å². The van der Waals surface area contributed by atoms with E-state index in [0.29, 0.717) is 11.4 Å². The molecule has 4 heteroatoms. The highest BCUT2D eigenvalue weighted by Crippen LogP contribution is 2.21. The number of aromatic nitrogens is 1. The second-order valence-corrected chi connectivity index (χ2v) is 3.15. The quantitative estimate of drug-likeness (QED) is 0.649. The summed E-state index contributed by atoms with van der Waals surface area (Å²) in [5, 5.41) is 9.62. The summed E-state index contributed by atoms with van der Waals surface area (Å²) in [4.78, 5) is 14.5. The molecule has 0 fully saturated rings. The number of nitrogens with zero attached hydrogens (tertiary/aromatic N) is 1. The van der Waals surface area contributed by atoms with Gasteiger partial charge in [-0.05, 0) is 6.92 Å². The third-order valence-electron chi connectivity index (χ3n) is 1.07. The van der Waals surface area contributed by atoms with Gasteiger partial charge in [-0.15, -0.1) is 11.3 Å². The first-order valence-corrected chi connectivity index (χ1v) is 3.64. The largest absolute Gasteiger partial charge is 0.492 e. The molecule has 0 aliphatic heterocycles. The van der Waals surface area contributed by atoms with Gasteiger partial charge in [0.1, 0.15) is 11.3 Å². The van der Waals surface area contributed by atoms with E-state index >= 15 is 0 Å². The number of rotatable bonds is 2. The molecule has 0 aromatic carbocycles. The Labute approximate surface area is 62.3 Å². The lowest BCUT2D eigenvalue weighted by Gasteiger charge is -1.78. The Morgan fingerprint density at radius 3 is 2.90 bits per heavy atom. The molecule has 54 valence electrons. The van der Waals surface area contributed by atoms with E-state index in [1.54, 1.807) is 6.92 Å². The van der Waals surface area contributed by atoms with Crippen molar-refractivity contribution in [3.63, 3.8) is 0 Å². The van der Waals surface area contributed by atoms with Crippen LogP contribution in [0.1, 0.15) is 9.88 Å². The number of carbonyl (C=O) groups excluding carboxylic acids is 1. The Bertz CT molecular complexity index is 224. The Hall–Kier alpha value is -0.900. The van der Waals surface area contributed by atoms with Gasteiger partial charge in [0.15, 0.2) is 0 Å². The number of aryl methyl sites for hydroxylation is 1. The molecule has 0 aliphatic rings. The first kappa shape index (κ1) is 7.21. The lowest BCUT2D eigenvalue weighted by atomic mass is 10.5. The third kappa shape index (κ3) is 1.33. The highest BCUT2D eigenvalue weighted by molar-refractivity contribution is 7.11. The molecule has 10 heavy (non-hydrogen) atoms. The normalized spacial score (nSPS) is 9.70. The molecule has 3 nitrogen and oxygen atoms in total. The fourth-order valence-electron chi connectivity index (χ4n) is 0.601. The summed E-state index contributed by atoms with van der Waals surface area (Å²) in [5.74, 6) is 0.0434. The molecule has 1 aromatic heterocycles. The van der Waals surface area contributed by atoms with Gasteiger partial charge >= 0.3 is 0 Å².